The van der Waals surface area contributed by atoms with Crippen molar-refractivity contribution < 1.29 is 9.18 Å². The van der Waals surface area contributed by atoms with Crippen molar-refractivity contribution in [2.24, 2.45) is 5.92 Å². The third kappa shape index (κ3) is 3.06. The van der Waals surface area contributed by atoms with Gasteiger partial charge < -0.3 is 5.32 Å². The minimum atomic E-state index is -0.350. The van der Waals surface area contributed by atoms with Gasteiger partial charge in [-0.25, -0.2) is 4.39 Å². The summed E-state index contributed by atoms with van der Waals surface area (Å²) in [4.78, 5) is 11.9. The van der Waals surface area contributed by atoms with E-state index < -0.39 is 0 Å². The molecule has 1 N–H and O–H groups in total. The molecule has 1 saturated carbocycles. The van der Waals surface area contributed by atoms with Crippen molar-refractivity contribution in [3.05, 3.63) is 34.1 Å². The monoisotopic (exact) mass is 299 g/mol. The van der Waals surface area contributed by atoms with Crippen LogP contribution in [-0.2, 0) is 0 Å². The van der Waals surface area contributed by atoms with E-state index in [4.69, 9.17) is 0 Å². The molecule has 2 unspecified atom stereocenters. The third-order valence-electron chi connectivity index (χ3n) is 3.08. The number of hydrogen-bond acceptors (Lipinski definition) is 1. The molecule has 0 bridgehead atoms. The Hall–Kier alpha value is -0.900. The standard InChI is InChI=1S/C13H15BrFNO/c1-2-3-8-7-12(8)16-13(17)9-4-5-11(15)10(14)6-9/h4-6,8,12H,2-3,7H2,1H3,(H,16,17). The quantitative estimate of drug-likeness (QED) is 0.906. The Bertz CT molecular complexity index is 435. The molecule has 2 nitrogen and oxygen atoms in total. The van der Waals surface area contributed by atoms with Crippen LogP contribution >= 0.6 is 15.9 Å². The minimum absolute atomic E-state index is 0.116. The lowest BCUT2D eigenvalue weighted by molar-refractivity contribution is 0.0948. The van der Waals surface area contributed by atoms with Crippen molar-refractivity contribution in [3.63, 3.8) is 0 Å². The molecule has 4 heteroatoms. The summed E-state index contributed by atoms with van der Waals surface area (Å²) in [5.41, 5.74) is 0.500. The van der Waals surface area contributed by atoms with E-state index in [2.05, 4.69) is 28.2 Å². The van der Waals surface area contributed by atoms with Crippen LogP contribution in [0.5, 0.6) is 0 Å². The van der Waals surface area contributed by atoms with Crippen LogP contribution < -0.4 is 5.32 Å². The first kappa shape index (κ1) is 12.6. The lowest BCUT2D eigenvalue weighted by atomic mass is 10.2. The predicted octanol–water partition coefficient (Wildman–Crippen LogP) is 3.51. The smallest absolute Gasteiger partial charge is 0.251 e. The molecule has 0 saturated heterocycles. The molecule has 1 aromatic rings. The lowest BCUT2D eigenvalue weighted by Gasteiger charge is -2.05. The first-order chi connectivity index (χ1) is 8.11. The van der Waals surface area contributed by atoms with Crippen molar-refractivity contribution >= 4 is 21.8 Å². The van der Waals surface area contributed by atoms with Crippen molar-refractivity contribution in [2.45, 2.75) is 32.2 Å². The summed E-state index contributed by atoms with van der Waals surface area (Å²) in [5.74, 6) is 0.166. The molecule has 2 rings (SSSR count). The highest BCUT2D eigenvalue weighted by Crippen LogP contribution is 2.34. The summed E-state index contributed by atoms with van der Waals surface area (Å²) in [6.45, 7) is 2.15. The maximum atomic E-state index is 13.0. The molecule has 0 spiro atoms. The highest BCUT2D eigenvalue weighted by Gasteiger charge is 2.37. The van der Waals surface area contributed by atoms with Crippen LogP contribution in [-0.4, -0.2) is 11.9 Å². The van der Waals surface area contributed by atoms with Crippen molar-refractivity contribution in [1.29, 1.82) is 0 Å². The van der Waals surface area contributed by atoms with Gasteiger partial charge in [-0.05, 0) is 52.9 Å². The van der Waals surface area contributed by atoms with Crippen LogP contribution in [0.25, 0.3) is 0 Å². The molecule has 2 atom stereocenters. The van der Waals surface area contributed by atoms with E-state index >= 15 is 0 Å². The Balaban J connectivity index is 1.94. The average molecular weight is 300 g/mol. The maximum Gasteiger partial charge on any atom is 0.251 e. The van der Waals surface area contributed by atoms with Crippen LogP contribution in [0.3, 0.4) is 0 Å². The van der Waals surface area contributed by atoms with E-state index in [1.54, 1.807) is 0 Å². The molecular formula is C13H15BrFNO. The topological polar surface area (TPSA) is 29.1 Å². The van der Waals surface area contributed by atoms with Crippen LogP contribution in [0.1, 0.15) is 36.5 Å². The van der Waals surface area contributed by atoms with Crippen molar-refractivity contribution in [2.75, 3.05) is 0 Å². The molecule has 92 valence electrons. The molecule has 0 radical (unpaired) electrons. The second-order valence-corrected chi connectivity index (χ2v) is 5.35. The van der Waals surface area contributed by atoms with E-state index in [-0.39, 0.29) is 11.7 Å². The number of amides is 1. The number of benzene rings is 1. The molecule has 1 aliphatic rings. The van der Waals surface area contributed by atoms with E-state index in [0.717, 1.165) is 19.3 Å². The lowest BCUT2D eigenvalue weighted by Crippen LogP contribution is -2.26. The zero-order valence-electron chi connectivity index (χ0n) is 9.67. The highest BCUT2D eigenvalue weighted by molar-refractivity contribution is 9.10. The van der Waals surface area contributed by atoms with Gasteiger partial charge in [0.2, 0.25) is 0 Å². The molecule has 0 heterocycles. The molecule has 1 amide bonds. The Morgan fingerprint density at radius 2 is 2.35 bits per heavy atom. The fourth-order valence-electron chi connectivity index (χ4n) is 2.00. The number of carbonyl (C=O) groups is 1. The third-order valence-corrected chi connectivity index (χ3v) is 3.69. The minimum Gasteiger partial charge on any atom is -0.349 e. The zero-order valence-corrected chi connectivity index (χ0v) is 11.3. The van der Waals surface area contributed by atoms with Gasteiger partial charge >= 0.3 is 0 Å². The fraction of sp³-hybridized carbons (Fsp3) is 0.462. The van der Waals surface area contributed by atoms with Gasteiger partial charge in [0.1, 0.15) is 5.82 Å². The summed E-state index contributed by atoms with van der Waals surface area (Å²) < 4.78 is 13.3. The van der Waals surface area contributed by atoms with Gasteiger partial charge in [-0.15, -0.1) is 0 Å². The summed E-state index contributed by atoms with van der Waals surface area (Å²) in [6, 6.07) is 4.63. The summed E-state index contributed by atoms with van der Waals surface area (Å²) >= 11 is 3.08. The number of nitrogens with one attached hydrogen (secondary N) is 1. The van der Waals surface area contributed by atoms with Crippen molar-refractivity contribution in [1.82, 2.24) is 5.32 Å². The van der Waals surface area contributed by atoms with Crippen LogP contribution in [0.2, 0.25) is 0 Å². The van der Waals surface area contributed by atoms with E-state index in [1.165, 1.54) is 18.2 Å². The van der Waals surface area contributed by atoms with Gasteiger partial charge in [-0.1, -0.05) is 13.3 Å². The van der Waals surface area contributed by atoms with Crippen LogP contribution in [0.4, 0.5) is 4.39 Å². The van der Waals surface area contributed by atoms with Crippen LogP contribution in [0, 0.1) is 11.7 Å². The summed E-state index contributed by atoms with van der Waals surface area (Å²) in [5, 5.41) is 2.97. The summed E-state index contributed by atoms with van der Waals surface area (Å²) in [6.07, 6.45) is 3.39. The Labute approximate surface area is 109 Å². The van der Waals surface area contributed by atoms with Crippen molar-refractivity contribution in [3.8, 4) is 0 Å². The molecule has 1 aliphatic carbocycles. The normalized spacial score (nSPS) is 22.3. The summed E-state index contributed by atoms with van der Waals surface area (Å²) in [7, 11) is 0. The zero-order chi connectivity index (χ0) is 12.4. The van der Waals surface area contributed by atoms with E-state index in [9.17, 15) is 9.18 Å². The van der Waals surface area contributed by atoms with Gasteiger partial charge in [0.05, 0.1) is 4.47 Å². The SMILES string of the molecule is CCCC1CC1NC(=O)c1ccc(F)c(Br)c1. The predicted molar refractivity (Wildman–Crippen MR) is 68.4 cm³/mol. The van der Waals surface area contributed by atoms with Gasteiger partial charge in [0.25, 0.3) is 5.91 Å². The second-order valence-electron chi connectivity index (χ2n) is 4.49. The number of rotatable bonds is 4. The fourth-order valence-corrected chi connectivity index (χ4v) is 2.38. The number of halogens is 2. The highest BCUT2D eigenvalue weighted by atomic mass is 79.9. The second kappa shape index (κ2) is 5.17. The van der Waals surface area contributed by atoms with Gasteiger partial charge in [0, 0.05) is 11.6 Å². The molecular weight excluding hydrogens is 285 g/mol. The first-order valence-corrected chi connectivity index (χ1v) is 6.67. The van der Waals surface area contributed by atoms with Gasteiger partial charge in [0.15, 0.2) is 0 Å². The van der Waals surface area contributed by atoms with E-state index in [1.807, 2.05) is 0 Å². The molecule has 0 aromatic heterocycles. The molecule has 1 aromatic carbocycles. The number of hydrogen-bond donors (Lipinski definition) is 1. The van der Waals surface area contributed by atoms with Gasteiger partial charge in [-0.2, -0.15) is 0 Å². The average Bonchev–Trinajstić information content (AvgIpc) is 3.01. The largest absolute Gasteiger partial charge is 0.349 e. The van der Waals surface area contributed by atoms with Gasteiger partial charge in [-0.3, -0.25) is 4.79 Å². The molecule has 17 heavy (non-hydrogen) atoms. The molecule has 0 aliphatic heterocycles. The van der Waals surface area contributed by atoms with Crippen LogP contribution in [0.15, 0.2) is 22.7 Å². The number of carbonyl (C=O) groups excluding carboxylic acids is 1. The maximum absolute atomic E-state index is 13.0. The van der Waals surface area contributed by atoms with E-state index in [0.29, 0.717) is 22.0 Å². The Morgan fingerprint density at radius 3 is 3.00 bits per heavy atom. The Morgan fingerprint density at radius 1 is 1.59 bits per heavy atom. The molecule has 1 fully saturated rings. The Kier molecular flexibility index (Phi) is 3.82. The first-order valence-electron chi connectivity index (χ1n) is 5.87.